The summed E-state index contributed by atoms with van der Waals surface area (Å²) in [5, 5.41) is 12.7. The van der Waals surface area contributed by atoms with Crippen LogP contribution >= 0.6 is 11.8 Å². The lowest BCUT2D eigenvalue weighted by Gasteiger charge is -2.41. The average molecular weight is 241 g/mol. The molecule has 3 nitrogen and oxygen atoms in total. The van der Waals surface area contributed by atoms with Crippen LogP contribution in [0.2, 0.25) is 0 Å². The van der Waals surface area contributed by atoms with E-state index in [1.54, 1.807) is 11.8 Å². The first-order valence-electron chi connectivity index (χ1n) is 5.70. The van der Waals surface area contributed by atoms with Crippen molar-refractivity contribution < 1.29 is 9.52 Å². The lowest BCUT2D eigenvalue weighted by molar-refractivity contribution is 0.0852. The molecule has 1 aliphatic rings. The SMILES string of the molecule is CSCc1ccc(CNC2(CO)CCC2)o1. The van der Waals surface area contributed by atoms with Crippen molar-refractivity contribution in [3.05, 3.63) is 23.7 Å². The van der Waals surface area contributed by atoms with Crippen LogP contribution in [-0.2, 0) is 12.3 Å². The number of furan rings is 1. The maximum atomic E-state index is 9.31. The minimum Gasteiger partial charge on any atom is -0.464 e. The second-order valence-electron chi connectivity index (χ2n) is 4.45. The van der Waals surface area contributed by atoms with E-state index in [2.05, 4.69) is 11.6 Å². The Morgan fingerprint density at radius 1 is 1.44 bits per heavy atom. The van der Waals surface area contributed by atoms with Crippen LogP contribution in [0.3, 0.4) is 0 Å². The second kappa shape index (κ2) is 5.25. The van der Waals surface area contributed by atoms with Crippen molar-refractivity contribution in [2.45, 2.75) is 37.1 Å². The molecule has 0 aromatic carbocycles. The van der Waals surface area contributed by atoms with Crippen LogP contribution in [0.25, 0.3) is 0 Å². The highest BCUT2D eigenvalue weighted by molar-refractivity contribution is 7.97. The molecule has 1 heterocycles. The monoisotopic (exact) mass is 241 g/mol. The van der Waals surface area contributed by atoms with Crippen molar-refractivity contribution >= 4 is 11.8 Å². The van der Waals surface area contributed by atoms with Gasteiger partial charge >= 0.3 is 0 Å². The van der Waals surface area contributed by atoms with Gasteiger partial charge in [-0.15, -0.1) is 0 Å². The number of hydrogen-bond acceptors (Lipinski definition) is 4. The van der Waals surface area contributed by atoms with E-state index in [4.69, 9.17) is 4.42 Å². The topological polar surface area (TPSA) is 45.4 Å². The summed E-state index contributed by atoms with van der Waals surface area (Å²) >= 11 is 1.76. The van der Waals surface area contributed by atoms with Gasteiger partial charge in [-0.3, -0.25) is 0 Å². The first-order valence-corrected chi connectivity index (χ1v) is 7.10. The first kappa shape index (κ1) is 12.0. The Morgan fingerprint density at radius 3 is 2.75 bits per heavy atom. The zero-order valence-corrected chi connectivity index (χ0v) is 10.5. The van der Waals surface area contributed by atoms with E-state index in [1.165, 1.54) is 6.42 Å². The Balaban J connectivity index is 1.84. The van der Waals surface area contributed by atoms with Crippen LogP contribution in [0.1, 0.15) is 30.8 Å². The Hall–Kier alpha value is -0.450. The normalized spacial score (nSPS) is 18.4. The number of nitrogens with one attached hydrogen (secondary N) is 1. The maximum Gasteiger partial charge on any atom is 0.118 e. The highest BCUT2D eigenvalue weighted by atomic mass is 32.2. The van der Waals surface area contributed by atoms with Crippen LogP contribution < -0.4 is 5.32 Å². The minimum absolute atomic E-state index is 0.0353. The van der Waals surface area contributed by atoms with Crippen LogP contribution in [0.4, 0.5) is 0 Å². The van der Waals surface area contributed by atoms with E-state index in [0.29, 0.717) is 0 Å². The van der Waals surface area contributed by atoms with Crippen LogP contribution in [-0.4, -0.2) is 23.5 Å². The molecule has 4 heteroatoms. The standard InChI is InChI=1S/C12H19NO2S/c1-16-8-11-4-3-10(15-11)7-13-12(9-14)5-2-6-12/h3-4,13-14H,2,5-9H2,1H3. The van der Waals surface area contributed by atoms with Crippen LogP contribution in [0.5, 0.6) is 0 Å². The molecule has 1 saturated carbocycles. The van der Waals surface area contributed by atoms with Gasteiger partial charge < -0.3 is 14.8 Å². The Bertz CT molecular complexity index is 328. The molecule has 2 N–H and O–H groups in total. The summed E-state index contributed by atoms with van der Waals surface area (Å²) in [6, 6.07) is 4.04. The van der Waals surface area contributed by atoms with Gasteiger partial charge in [-0.25, -0.2) is 0 Å². The van der Waals surface area contributed by atoms with E-state index in [-0.39, 0.29) is 12.1 Å². The summed E-state index contributed by atoms with van der Waals surface area (Å²) in [7, 11) is 0. The van der Waals surface area contributed by atoms with Crippen molar-refractivity contribution in [1.29, 1.82) is 0 Å². The molecule has 0 spiro atoms. The lowest BCUT2D eigenvalue weighted by atomic mass is 9.77. The highest BCUT2D eigenvalue weighted by Gasteiger charge is 2.35. The molecular formula is C12H19NO2S. The fourth-order valence-corrected chi connectivity index (χ4v) is 2.45. The predicted molar refractivity (Wildman–Crippen MR) is 66.4 cm³/mol. The number of rotatable bonds is 6. The molecule has 1 aromatic heterocycles. The fraction of sp³-hybridized carbons (Fsp3) is 0.667. The zero-order valence-electron chi connectivity index (χ0n) is 9.66. The van der Waals surface area contributed by atoms with Crippen LogP contribution in [0, 0.1) is 0 Å². The molecule has 0 bridgehead atoms. The average Bonchev–Trinajstić information content (AvgIpc) is 2.66. The Labute approximate surface area is 101 Å². The van der Waals surface area contributed by atoms with Crippen molar-refractivity contribution in [3.63, 3.8) is 0 Å². The molecule has 90 valence electrons. The summed E-state index contributed by atoms with van der Waals surface area (Å²) in [6.45, 7) is 0.945. The molecule has 0 radical (unpaired) electrons. The van der Waals surface area contributed by atoms with Gasteiger partial charge in [0.1, 0.15) is 11.5 Å². The van der Waals surface area contributed by atoms with E-state index in [9.17, 15) is 5.11 Å². The quantitative estimate of drug-likeness (QED) is 0.801. The van der Waals surface area contributed by atoms with E-state index >= 15 is 0 Å². The predicted octanol–water partition coefficient (Wildman–Crippen LogP) is 2.15. The smallest absolute Gasteiger partial charge is 0.118 e. The molecule has 0 amide bonds. The number of aliphatic hydroxyl groups is 1. The van der Waals surface area contributed by atoms with Crippen molar-refractivity contribution in [2.75, 3.05) is 12.9 Å². The third kappa shape index (κ3) is 2.62. The summed E-state index contributed by atoms with van der Waals surface area (Å²) in [5.74, 6) is 2.91. The van der Waals surface area contributed by atoms with Crippen molar-refractivity contribution in [1.82, 2.24) is 5.32 Å². The van der Waals surface area contributed by atoms with Gasteiger partial charge in [0.05, 0.1) is 18.9 Å². The van der Waals surface area contributed by atoms with Gasteiger partial charge in [-0.05, 0) is 37.7 Å². The molecule has 16 heavy (non-hydrogen) atoms. The fourth-order valence-electron chi connectivity index (χ4n) is 2.01. The van der Waals surface area contributed by atoms with Crippen LogP contribution in [0.15, 0.2) is 16.5 Å². The molecule has 1 aromatic rings. The maximum absolute atomic E-state index is 9.31. The summed E-state index contributed by atoms with van der Waals surface area (Å²) in [5.41, 5.74) is -0.0353. The van der Waals surface area contributed by atoms with E-state index in [0.717, 1.165) is 36.7 Å². The van der Waals surface area contributed by atoms with E-state index in [1.807, 2.05) is 12.1 Å². The summed E-state index contributed by atoms with van der Waals surface area (Å²) in [6.07, 6.45) is 5.42. The second-order valence-corrected chi connectivity index (χ2v) is 5.31. The molecule has 0 atom stereocenters. The zero-order chi connectivity index (χ0) is 11.4. The minimum atomic E-state index is -0.0353. The van der Waals surface area contributed by atoms with Gasteiger partial charge in [0.2, 0.25) is 0 Å². The summed E-state index contributed by atoms with van der Waals surface area (Å²) < 4.78 is 5.67. The third-order valence-corrected chi connectivity index (χ3v) is 3.83. The van der Waals surface area contributed by atoms with Gasteiger partial charge in [0, 0.05) is 5.54 Å². The largest absolute Gasteiger partial charge is 0.464 e. The molecule has 0 unspecified atom stereocenters. The van der Waals surface area contributed by atoms with E-state index < -0.39 is 0 Å². The molecule has 1 aliphatic carbocycles. The number of hydrogen-bond donors (Lipinski definition) is 2. The van der Waals surface area contributed by atoms with Crippen molar-refractivity contribution in [3.8, 4) is 0 Å². The molecule has 2 rings (SSSR count). The van der Waals surface area contributed by atoms with Gasteiger partial charge in [0.15, 0.2) is 0 Å². The van der Waals surface area contributed by atoms with Crippen molar-refractivity contribution in [2.24, 2.45) is 0 Å². The highest BCUT2D eigenvalue weighted by Crippen LogP contribution is 2.31. The lowest BCUT2D eigenvalue weighted by Crippen LogP contribution is -2.53. The molecular weight excluding hydrogens is 222 g/mol. The molecule has 1 fully saturated rings. The summed E-state index contributed by atoms with van der Waals surface area (Å²) in [4.78, 5) is 0. The number of aliphatic hydroxyl groups excluding tert-OH is 1. The third-order valence-electron chi connectivity index (χ3n) is 3.25. The van der Waals surface area contributed by atoms with Gasteiger partial charge in [-0.1, -0.05) is 0 Å². The Kier molecular flexibility index (Phi) is 3.95. The molecule has 0 saturated heterocycles. The molecule has 0 aliphatic heterocycles. The first-order chi connectivity index (χ1) is 7.78. The van der Waals surface area contributed by atoms with Gasteiger partial charge in [-0.2, -0.15) is 11.8 Å². The van der Waals surface area contributed by atoms with Gasteiger partial charge in [0.25, 0.3) is 0 Å². The number of thioether (sulfide) groups is 1. The Morgan fingerprint density at radius 2 is 2.19 bits per heavy atom.